The summed E-state index contributed by atoms with van der Waals surface area (Å²) in [5.41, 5.74) is 0.512. The van der Waals surface area contributed by atoms with Crippen LogP contribution in [0.1, 0.15) is 26.3 Å². The van der Waals surface area contributed by atoms with E-state index >= 15 is 0 Å². The highest BCUT2D eigenvalue weighted by atomic mass is 79.9. The van der Waals surface area contributed by atoms with E-state index in [0.717, 1.165) is 11.0 Å². The number of nitrogens with one attached hydrogen (secondary N) is 1. The Labute approximate surface area is 125 Å². The average Bonchev–Trinajstić information content (AvgIpc) is 2.29. The van der Waals surface area contributed by atoms with Gasteiger partial charge >= 0.3 is 0 Å². The van der Waals surface area contributed by atoms with Crippen molar-refractivity contribution >= 4 is 15.9 Å². The molecule has 0 aromatic heterocycles. The lowest BCUT2D eigenvalue weighted by molar-refractivity contribution is 0.0239. The predicted molar refractivity (Wildman–Crippen MR) is 84.2 cm³/mol. The maximum Gasteiger partial charge on any atom is 0.0869 e. The van der Waals surface area contributed by atoms with E-state index in [4.69, 9.17) is 0 Å². The molecule has 1 atom stereocenters. The van der Waals surface area contributed by atoms with Gasteiger partial charge in [-0.3, -0.25) is 4.90 Å². The third-order valence-electron chi connectivity index (χ3n) is 2.90. The molecule has 0 amide bonds. The maximum atomic E-state index is 10.4. The predicted octanol–water partition coefficient (Wildman–Crippen LogP) is 2.63. The molecule has 0 spiro atoms. The number of aliphatic hydroxyl groups is 1. The molecular formula is C15H25BrN2O. The fraction of sp³-hybridized carbons (Fsp3) is 0.600. The Morgan fingerprint density at radius 1 is 1.37 bits per heavy atom. The average molecular weight is 329 g/mol. The molecule has 0 radical (unpaired) electrons. The second-order valence-corrected chi connectivity index (χ2v) is 6.65. The molecule has 0 aliphatic heterocycles. The van der Waals surface area contributed by atoms with Gasteiger partial charge in [0.2, 0.25) is 0 Å². The molecular weight excluding hydrogens is 304 g/mol. The van der Waals surface area contributed by atoms with Gasteiger partial charge in [-0.05, 0) is 25.6 Å². The van der Waals surface area contributed by atoms with Crippen LogP contribution in [0, 0.1) is 0 Å². The smallest absolute Gasteiger partial charge is 0.0869 e. The zero-order valence-corrected chi connectivity index (χ0v) is 13.9. The fourth-order valence-corrected chi connectivity index (χ4v) is 2.44. The van der Waals surface area contributed by atoms with Gasteiger partial charge in [-0.1, -0.05) is 48.0 Å². The van der Waals surface area contributed by atoms with Gasteiger partial charge in [-0.15, -0.1) is 0 Å². The van der Waals surface area contributed by atoms with Crippen molar-refractivity contribution < 1.29 is 5.11 Å². The van der Waals surface area contributed by atoms with Crippen LogP contribution < -0.4 is 5.32 Å². The molecule has 0 bridgehead atoms. The van der Waals surface area contributed by atoms with Crippen LogP contribution in [0.3, 0.4) is 0 Å². The molecule has 2 N–H and O–H groups in total. The number of rotatable bonds is 7. The molecule has 1 aromatic carbocycles. The van der Waals surface area contributed by atoms with Gasteiger partial charge in [0.15, 0.2) is 0 Å². The van der Waals surface area contributed by atoms with Gasteiger partial charge < -0.3 is 10.4 Å². The van der Waals surface area contributed by atoms with E-state index in [2.05, 4.69) is 46.1 Å². The number of halogens is 1. The quantitative estimate of drug-likeness (QED) is 0.807. The number of hydrogen-bond donors (Lipinski definition) is 2. The van der Waals surface area contributed by atoms with Crippen LogP contribution in [-0.2, 0) is 6.54 Å². The first kappa shape index (κ1) is 16.6. The number of benzene rings is 1. The standard InChI is InChI=1S/C15H25BrN2O/c1-12(2)17-10-15(3,19)11-18(4)9-13-7-5-6-8-14(13)16/h5-8,12,17,19H,9-11H2,1-4H3. The Morgan fingerprint density at radius 2 is 2.00 bits per heavy atom. The summed E-state index contributed by atoms with van der Waals surface area (Å²) in [6.07, 6.45) is 0. The monoisotopic (exact) mass is 328 g/mol. The summed E-state index contributed by atoms with van der Waals surface area (Å²) in [5, 5.41) is 13.6. The lowest BCUT2D eigenvalue weighted by Crippen LogP contribution is -2.47. The van der Waals surface area contributed by atoms with Gasteiger partial charge in [0, 0.05) is 30.1 Å². The Hall–Kier alpha value is -0.420. The van der Waals surface area contributed by atoms with Crippen molar-refractivity contribution in [3.63, 3.8) is 0 Å². The molecule has 1 aromatic rings. The summed E-state index contributed by atoms with van der Waals surface area (Å²) >= 11 is 3.55. The molecule has 0 heterocycles. The molecule has 0 aliphatic rings. The highest BCUT2D eigenvalue weighted by Crippen LogP contribution is 2.18. The number of nitrogens with zero attached hydrogens (tertiary/aromatic N) is 1. The molecule has 0 saturated heterocycles. The molecule has 1 unspecified atom stereocenters. The van der Waals surface area contributed by atoms with E-state index in [-0.39, 0.29) is 0 Å². The topological polar surface area (TPSA) is 35.5 Å². The molecule has 0 saturated carbocycles. The Balaban J connectivity index is 2.50. The lowest BCUT2D eigenvalue weighted by atomic mass is 10.1. The molecule has 108 valence electrons. The Bertz CT molecular complexity index is 393. The van der Waals surface area contributed by atoms with Crippen LogP contribution in [-0.4, -0.2) is 41.8 Å². The lowest BCUT2D eigenvalue weighted by Gasteiger charge is -2.30. The maximum absolute atomic E-state index is 10.4. The second kappa shape index (κ2) is 7.39. The largest absolute Gasteiger partial charge is 0.388 e. The molecule has 19 heavy (non-hydrogen) atoms. The first-order valence-corrected chi connectivity index (χ1v) is 7.47. The highest BCUT2D eigenvalue weighted by molar-refractivity contribution is 9.10. The summed E-state index contributed by atoms with van der Waals surface area (Å²) in [7, 11) is 2.03. The van der Waals surface area contributed by atoms with Crippen LogP contribution in [0.2, 0.25) is 0 Å². The summed E-state index contributed by atoms with van der Waals surface area (Å²) < 4.78 is 1.11. The first-order valence-electron chi connectivity index (χ1n) is 6.68. The zero-order valence-electron chi connectivity index (χ0n) is 12.3. The third kappa shape index (κ3) is 6.52. The van der Waals surface area contributed by atoms with Gasteiger partial charge in [-0.2, -0.15) is 0 Å². The number of likely N-dealkylation sites (N-methyl/N-ethyl adjacent to an activating group) is 1. The van der Waals surface area contributed by atoms with Gasteiger partial charge in [0.25, 0.3) is 0 Å². The third-order valence-corrected chi connectivity index (χ3v) is 3.67. The molecule has 0 fully saturated rings. The first-order chi connectivity index (χ1) is 8.80. The Morgan fingerprint density at radius 3 is 2.58 bits per heavy atom. The van der Waals surface area contributed by atoms with Gasteiger partial charge in [-0.25, -0.2) is 0 Å². The minimum Gasteiger partial charge on any atom is -0.388 e. The van der Waals surface area contributed by atoms with E-state index in [1.165, 1.54) is 5.56 Å². The van der Waals surface area contributed by atoms with Crippen molar-refractivity contribution in [1.82, 2.24) is 10.2 Å². The van der Waals surface area contributed by atoms with E-state index in [9.17, 15) is 5.11 Å². The van der Waals surface area contributed by atoms with Gasteiger partial charge in [0.1, 0.15) is 0 Å². The van der Waals surface area contributed by atoms with Crippen molar-refractivity contribution in [2.45, 2.75) is 39.0 Å². The van der Waals surface area contributed by atoms with E-state index in [1.54, 1.807) is 0 Å². The molecule has 3 nitrogen and oxygen atoms in total. The molecule has 4 heteroatoms. The number of hydrogen-bond acceptors (Lipinski definition) is 3. The summed E-state index contributed by atoms with van der Waals surface area (Å²) in [6.45, 7) is 8.10. The van der Waals surface area contributed by atoms with Crippen LogP contribution in [0.15, 0.2) is 28.7 Å². The van der Waals surface area contributed by atoms with Crippen molar-refractivity contribution in [3.05, 3.63) is 34.3 Å². The minimum absolute atomic E-state index is 0.389. The van der Waals surface area contributed by atoms with Crippen molar-refractivity contribution in [2.75, 3.05) is 20.1 Å². The van der Waals surface area contributed by atoms with Crippen molar-refractivity contribution in [2.24, 2.45) is 0 Å². The summed E-state index contributed by atoms with van der Waals surface area (Å²) in [4.78, 5) is 2.14. The van der Waals surface area contributed by atoms with Crippen molar-refractivity contribution in [1.29, 1.82) is 0 Å². The van der Waals surface area contributed by atoms with Crippen molar-refractivity contribution in [3.8, 4) is 0 Å². The normalized spacial score (nSPS) is 14.9. The second-order valence-electron chi connectivity index (χ2n) is 5.80. The van der Waals surface area contributed by atoms with Crippen LogP contribution >= 0.6 is 15.9 Å². The van der Waals surface area contributed by atoms with Gasteiger partial charge in [0.05, 0.1) is 5.60 Å². The SMILES string of the molecule is CC(C)NCC(C)(O)CN(C)Cc1ccccc1Br. The van der Waals surface area contributed by atoms with E-state index in [0.29, 0.717) is 19.1 Å². The van der Waals surface area contributed by atoms with Crippen LogP contribution in [0.25, 0.3) is 0 Å². The molecule has 1 rings (SSSR count). The highest BCUT2D eigenvalue weighted by Gasteiger charge is 2.22. The Kier molecular flexibility index (Phi) is 6.47. The summed E-state index contributed by atoms with van der Waals surface area (Å²) in [5.74, 6) is 0. The summed E-state index contributed by atoms with van der Waals surface area (Å²) in [6, 6.07) is 8.58. The van der Waals surface area contributed by atoms with Crippen LogP contribution in [0.5, 0.6) is 0 Å². The zero-order chi connectivity index (χ0) is 14.5. The van der Waals surface area contributed by atoms with E-state index in [1.807, 2.05) is 32.2 Å². The van der Waals surface area contributed by atoms with E-state index < -0.39 is 5.60 Å². The fourth-order valence-electron chi connectivity index (χ4n) is 2.03. The minimum atomic E-state index is -0.722. The van der Waals surface area contributed by atoms with Crippen LogP contribution in [0.4, 0.5) is 0 Å². The molecule has 0 aliphatic carbocycles.